The van der Waals surface area contributed by atoms with Gasteiger partial charge in [-0.1, -0.05) is 6.92 Å². The van der Waals surface area contributed by atoms with E-state index in [2.05, 4.69) is 4.98 Å². The van der Waals surface area contributed by atoms with Crippen molar-refractivity contribution < 1.29 is 14.3 Å². The second kappa shape index (κ2) is 3.38. The van der Waals surface area contributed by atoms with E-state index < -0.39 is 11.9 Å². The van der Waals surface area contributed by atoms with Crippen LogP contribution >= 0.6 is 0 Å². The first-order valence-corrected chi connectivity index (χ1v) is 3.73. The van der Waals surface area contributed by atoms with Crippen LogP contribution in [-0.2, 0) is 11.2 Å². The molecule has 1 atom stereocenters. The molecule has 0 bridgehead atoms. The molecule has 0 saturated carbocycles. The van der Waals surface area contributed by atoms with Crippen molar-refractivity contribution in [3.63, 3.8) is 0 Å². The maximum Gasteiger partial charge on any atom is 0.306 e. The summed E-state index contributed by atoms with van der Waals surface area (Å²) in [4.78, 5) is 14.5. The van der Waals surface area contributed by atoms with Crippen LogP contribution in [0, 0.1) is 12.8 Å². The van der Waals surface area contributed by atoms with E-state index in [1.54, 1.807) is 13.8 Å². The highest BCUT2D eigenvalue weighted by atomic mass is 16.4. The van der Waals surface area contributed by atoms with E-state index in [4.69, 9.17) is 9.52 Å². The topological polar surface area (TPSA) is 63.3 Å². The quantitative estimate of drug-likeness (QED) is 0.739. The second-order valence-corrected chi connectivity index (χ2v) is 2.80. The van der Waals surface area contributed by atoms with Crippen molar-refractivity contribution in [3.8, 4) is 0 Å². The molecule has 0 aliphatic rings. The summed E-state index contributed by atoms with van der Waals surface area (Å²) < 4.78 is 4.94. The van der Waals surface area contributed by atoms with E-state index in [1.165, 1.54) is 6.26 Å². The van der Waals surface area contributed by atoms with Crippen molar-refractivity contribution in [2.24, 2.45) is 5.92 Å². The number of aryl methyl sites for hydroxylation is 1. The van der Waals surface area contributed by atoms with Gasteiger partial charge in [-0.15, -0.1) is 0 Å². The molecule has 1 N–H and O–H groups in total. The Kier molecular flexibility index (Phi) is 2.47. The second-order valence-electron chi connectivity index (χ2n) is 2.80. The number of hydrogen-bond acceptors (Lipinski definition) is 3. The van der Waals surface area contributed by atoms with Crippen molar-refractivity contribution in [1.29, 1.82) is 0 Å². The summed E-state index contributed by atoms with van der Waals surface area (Å²) >= 11 is 0. The van der Waals surface area contributed by atoms with E-state index in [0.717, 1.165) is 0 Å². The van der Waals surface area contributed by atoms with Crippen LogP contribution in [0.1, 0.15) is 18.5 Å². The van der Waals surface area contributed by atoms with Gasteiger partial charge in [-0.2, -0.15) is 0 Å². The number of aromatic nitrogens is 1. The monoisotopic (exact) mass is 169 g/mol. The lowest BCUT2D eigenvalue weighted by molar-refractivity contribution is -0.141. The van der Waals surface area contributed by atoms with Crippen LogP contribution in [0.5, 0.6) is 0 Å². The number of rotatable bonds is 3. The van der Waals surface area contributed by atoms with Crippen LogP contribution < -0.4 is 0 Å². The van der Waals surface area contributed by atoms with Crippen molar-refractivity contribution in [3.05, 3.63) is 17.8 Å². The Morgan fingerprint density at radius 3 is 2.92 bits per heavy atom. The number of oxazole rings is 1. The number of aliphatic carboxylic acids is 1. The lowest BCUT2D eigenvalue weighted by Gasteiger charge is -2.00. The maximum atomic E-state index is 10.5. The molecule has 12 heavy (non-hydrogen) atoms. The largest absolute Gasteiger partial charge is 0.481 e. The minimum atomic E-state index is -0.810. The fourth-order valence-electron chi connectivity index (χ4n) is 0.903. The highest BCUT2D eigenvalue weighted by molar-refractivity contribution is 5.69. The molecule has 0 fully saturated rings. The Labute approximate surface area is 70.2 Å². The number of carboxylic acids is 1. The van der Waals surface area contributed by atoms with Crippen molar-refractivity contribution >= 4 is 5.97 Å². The number of carbonyl (C=O) groups is 1. The first kappa shape index (κ1) is 8.77. The van der Waals surface area contributed by atoms with Gasteiger partial charge < -0.3 is 9.52 Å². The predicted molar refractivity (Wildman–Crippen MR) is 41.7 cm³/mol. The maximum absolute atomic E-state index is 10.5. The molecular formula is C8H11NO3. The Balaban J connectivity index is 2.58. The normalized spacial score (nSPS) is 12.8. The third kappa shape index (κ3) is 2.08. The zero-order valence-electron chi connectivity index (χ0n) is 7.07. The zero-order chi connectivity index (χ0) is 9.14. The average Bonchev–Trinajstić information content (AvgIpc) is 2.35. The molecule has 0 amide bonds. The van der Waals surface area contributed by atoms with Gasteiger partial charge in [0.05, 0.1) is 11.6 Å². The summed E-state index contributed by atoms with van der Waals surface area (Å²) in [6.45, 7) is 3.38. The van der Waals surface area contributed by atoms with Gasteiger partial charge in [0, 0.05) is 13.3 Å². The molecule has 4 heteroatoms. The minimum absolute atomic E-state index is 0.408. The SMILES string of the molecule is Cc1nc(CC(C)C(=O)O)co1. The van der Waals surface area contributed by atoms with Gasteiger partial charge in [-0.3, -0.25) is 4.79 Å². The summed E-state index contributed by atoms with van der Waals surface area (Å²) in [5.41, 5.74) is 0.697. The van der Waals surface area contributed by atoms with Crippen LogP contribution in [0.15, 0.2) is 10.7 Å². The third-order valence-corrected chi connectivity index (χ3v) is 1.60. The zero-order valence-corrected chi connectivity index (χ0v) is 7.07. The van der Waals surface area contributed by atoms with Crippen LogP contribution in [0.25, 0.3) is 0 Å². The lowest BCUT2D eigenvalue weighted by Crippen LogP contribution is -2.12. The Morgan fingerprint density at radius 1 is 1.83 bits per heavy atom. The van der Waals surface area contributed by atoms with Crippen molar-refractivity contribution in [1.82, 2.24) is 4.98 Å². The van der Waals surface area contributed by atoms with E-state index in [-0.39, 0.29) is 0 Å². The summed E-state index contributed by atoms with van der Waals surface area (Å²) in [6.07, 6.45) is 1.92. The number of carboxylic acid groups (broad SMARTS) is 1. The van der Waals surface area contributed by atoms with E-state index in [1.807, 2.05) is 0 Å². The first-order valence-electron chi connectivity index (χ1n) is 3.73. The Hall–Kier alpha value is -1.32. The van der Waals surface area contributed by atoms with Crippen LogP contribution in [0.2, 0.25) is 0 Å². The standard InChI is InChI=1S/C8H11NO3/c1-5(8(10)11)3-7-4-12-6(2)9-7/h4-5H,3H2,1-2H3,(H,10,11). The van der Waals surface area contributed by atoms with Crippen LogP contribution in [-0.4, -0.2) is 16.1 Å². The lowest BCUT2D eigenvalue weighted by atomic mass is 10.1. The van der Waals surface area contributed by atoms with Gasteiger partial charge >= 0.3 is 5.97 Å². The molecule has 0 saturated heterocycles. The molecule has 1 aromatic rings. The minimum Gasteiger partial charge on any atom is -0.481 e. The molecule has 1 aromatic heterocycles. The Bertz CT molecular complexity index is 280. The van der Waals surface area contributed by atoms with Gasteiger partial charge in [-0.05, 0) is 0 Å². The third-order valence-electron chi connectivity index (χ3n) is 1.60. The van der Waals surface area contributed by atoms with Gasteiger partial charge in [0.25, 0.3) is 0 Å². The van der Waals surface area contributed by atoms with Crippen molar-refractivity contribution in [2.45, 2.75) is 20.3 Å². The molecule has 0 aliphatic carbocycles. The summed E-state index contributed by atoms with van der Waals surface area (Å²) in [7, 11) is 0. The van der Waals surface area contributed by atoms with Crippen LogP contribution in [0.4, 0.5) is 0 Å². The summed E-state index contributed by atoms with van der Waals surface area (Å²) in [6, 6.07) is 0. The fraction of sp³-hybridized carbons (Fsp3) is 0.500. The van der Waals surface area contributed by atoms with Crippen molar-refractivity contribution in [2.75, 3.05) is 0 Å². The van der Waals surface area contributed by atoms with E-state index >= 15 is 0 Å². The fourth-order valence-corrected chi connectivity index (χ4v) is 0.903. The molecule has 66 valence electrons. The highest BCUT2D eigenvalue weighted by Crippen LogP contribution is 2.07. The molecule has 1 unspecified atom stereocenters. The molecule has 0 aromatic carbocycles. The number of nitrogens with zero attached hydrogens (tertiary/aromatic N) is 1. The summed E-state index contributed by atoms with van der Waals surface area (Å²) in [5.74, 6) is -0.646. The molecule has 0 aliphatic heterocycles. The molecule has 0 radical (unpaired) electrons. The van der Waals surface area contributed by atoms with Gasteiger partial charge in [0.15, 0.2) is 5.89 Å². The van der Waals surface area contributed by atoms with Crippen LogP contribution in [0.3, 0.4) is 0 Å². The van der Waals surface area contributed by atoms with Gasteiger partial charge in [0.2, 0.25) is 0 Å². The number of hydrogen-bond donors (Lipinski definition) is 1. The molecule has 0 spiro atoms. The highest BCUT2D eigenvalue weighted by Gasteiger charge is 2.13. The molecule has 1 rings (SSSR count). The first-order chi connectivity index (χ1) is 5.59. The predicted octanol–water partition coefficient (Wildman–Crippen LogP) is 1.25. The molecule has 4 nitrogen and oxygen atoms in total. The van der Waals surface area contributed by atoms with E-state index in [0.29, 0.717) is 18.0 Å². The average molecular weight is 169 g/mol. The van der Waals surface area contributed by atoms with E-state index in [9.17, 15) is 4.79 Å². The summed E-state index contributed by atoms with van der Waals surface area (Å²) in [5, 5.41) is 8.59. The smallest absolute Gasteiger partial charge is 0.306 e. The molecular weight excluding hydrogens is 158 g/mol. The van der Waals surface area contributed by atoms with Gasteiger partial charge in [0.1, 0.15) is 6.26 Å². The Morgan fingerprint density at radius 2 is 2.50 bits per heavy atom. The van der Waals surface area contributed by atoms with Gasteiger partial charge in [-0.25, -0.2) is 4.98 Å². The molecule has 1 heterocycles.